The van der Waals surface area contributed by atoms with Gasteiger partial charge in [0.25, 0.3) is 0 Å². The molecule has 0 radical (unpaired) electrons. The van der Waals surface area contributed by atoms with Crippen LogP contribution in [0.25, 0.3) is 0 Å². The lowest BCUT2D eigenvalue weighted by Gasteiger charge is -2.46. The van der Waals surface area contributed by atoms with E-state index < -0.39 is 0 Å². The quantitative estimate of drug-likeness (QED) is 0.739. The summed E-state index contributed by atoms with van der Waals surface area (Å²) in [5, 5.41) is 3.44. The van der Waals surface area contributed by atoms with Crippen LogP contribution in [0, 0.1) is 5.41 Å². The highest BCUT2D eigenvalue weighted by Crippen LogP contribution is 2.33. The van der Waals surface area contributed by atoms with Crippen LogP contribution in [0.1, 0.15) is 84.5 Å². The summed E-state index contributed by atoms with van der Waals surface area (Å²) in [6.45, 7) is 7.32. The standard InChI is InChI=1S/C19H38N2/c1-4-19(2,15-20-3)16-21(17-11-7-5-8-12-17)18-13-9-6-10-14-18/h17-18,20H,4-16H2,1-3H3. The summed E-state index contributed by atoms with van der Waals surface area (Å²) >= 11 is 0. The second-order valence-corrected chi connectivity index (χ2v) is 7.95. The molecule has 0 aliphatic heterocycles. The summed E-state index contributed by atoms with van der Waals surface area (Å²) in [6, 6.07) is 1.76. The van der Waals surface area contributed by atoms with Gasteiger partial charge in [0, 0.05) is 25.2 Å². The zero-order valence-corrected chi connectivity index (χ0v) is 14.8. The number of nitrogens with zero attached hydrogens (tertiary/aromatic N) is 1. The van der Waals surface area contributed by atoms with Crippen molar-refractivity contribution >= 4 is 0 Å². The van der Waals surface area contributed by atoms with Gasteiger partial charge in [-0.1, -0.05) is 52.4 Å². The molecule has 21 heavy (non-hydrogen) atoms. The van der Waals surface area contributed by atoms with E-state index in [9.17, 15) is 0 Å². The largest absolute Gasteiger partial charge is 0.319 e. The average molecular weight is 295 g/mol. The van der Waals surface area contributed by atoms with Crippen molar-refractivity contribution in [3.05, 3.63) is 0 Å². The first-order valence-corrected chi connectivity index (χ1v) is 9.59. The Morgan fingerprint density at radius 2 is 1.38 bits per heavy atom. The highest BCUT2D eigenvalue weighted by molar-refractivity contribution is 4.89. The van der Waals surface area contributed by atoms with Gasteiger partial charge >= 0.3 is 0 Å². The van der Waals surface area contributed by atoms with Gasteiger partial charge in [0.15, 0.2) is 0 Å². The normalized spacial score (nSPS) is 25.1. The molecule has 0 bridgehead atoms. The molecular formula is C19H38N2. The smallest absolute Gasteiger partial charge is 0.00984 e. The molecule has 0 heterocycles. The summed E-state index contributed by atoms with van der Waals surface area (Å²) in [5.41, 5.74) is 0.434. The van der Waals surface area contributed by atoms with E-state index in [1.807, 2.05) is 0 Å². The fourth-order valence-corrected chi connectivity index (χ4v) is 4.54. The molecule has 0 aromatic rings. The minimum Gasteiger partial charge on any atom is -0.319 e. The van der Waals surface area contributed by atoms with Crippen LogP contribution in [0.5, 0.6) is 0 Å². The summed E-state index contributed by atoms with van der Waals surface area (Å²) in [7, 11) is 2.11. The molecule has 0 saturated heterocycles. The predicted molar refractivity (Wildman–Crippen MR) is 92.8 cm³/mol. The Labute approximate surface area is 133 Å². The topological polar surface area (TPSA) is 15.3 Å². The van der Waals surface area contributed by atoms with Crippen molar-refractivity contribution in [2.75, 3.05) is 20.1 Å². The maximum atomic E-state index is 3.44. The van der Waals surface area contributed by atoms with E-state index in [1.165, 1.54) is 77.2 Å². The fraction of sp³-hybridized carbons (Fsp3) is 1.00. The number of hydrogen-bond acceptors (Lipinski definition) is 2. The molecule has 1 atom stereocenters. The summed E-state index contributed by atoms with van der Waals surface area (Å²) in [4.78, 5) is 2.97. The molecule has 1 unspecified atom stereocenters. The molecule has 0 aromatic heterocycles. The predicted octanol–water partition coefficient (Wildman–Crippen LogP) is 4.59. The third-order valence-electron chi connectivity index (χ3n) is 6.11. The van der Waals surface area contributed by atoms with Crippen LogP contribution in [0.4, 0.5) is 0 Å². The van der Waals surface area contributed by atoms with Crippen LogP contribution in [-0.4, -0.2) is 37.1 Å². The monoisotopic (exact) mass is 294 g/mol. The van der Waals surface area contributed by atoms with E-state index in [4.69, 9.17) is 0 Å². The number of hydrogen-bond donors (Lipinski definition) is 1. The van der Waals surface area contributed by atoms with E-state index in [0.717, 1.165) is 18.6 Å². The van der Waals surface area contributed by atoms with Gasteiger partial charge < -0.3 is 5.32 Å². The van der Waals surface area contributed by atoms with Gasteiger partial charge in [0.05, 0.1) is 0 Å². The Bertz CT molecular complexity index is 261. The zero-order chi connectivity index (χ0) is 15.1. The van der Waals surface area contributed by atoms with Crippen molar-refractivity contribution in [2.24, 2.45) is 5.41 Å². The highest BCUT2D eigenvalue weighted by atomic mass is 15.2. The van der Waals surface area contributed by atoms with Gasteiger partial charge in [-0.25, -0.2) is 0 Å². The Morgan fingerprint density at radius 1 is 0.905 bits per heavy atom. The van der Waals surface area contributed by atoms with Crippen LogP contribution in [-0.2, 0) is 0 Å². The van der Waals surface area contributed by atoms with Gasteiger partial charge in [-0.15, -0.1) is 0 Å². The summed E-state index contributed by atoms with van der Waals surface area (Å²) < 4.78 is 0. The van der Waals surface area contributed by atoms with Crippen molar-refractivity contribution in [1.82, 2.24) is 10.2 Å². The van der Waals surface area contributed by atoms with Crippen LogP contribution in [0.15, 0.2) is 0 Å². The van der Waals surface area contributed by atoms with Gasteiger partial charge in [-0.3, -0.25) is 4.90 Å². The molecule has 2 aliphatic carbocycles. The summed E-state index contributed by atoms with van der Waals surface area (Å²) in [5.74, 6) is 0. The Morgan fingerprint density at radius 3 is 1.76 bits per heavy atom. The minimum absolute atomic E-state index is 0.434. The van der Waals surface area contributed by atoms with Crippen molar-refractivity contribution in [2.45, 2.75) is 96.6 Å². The lowest BCUT2D eigenvalue weighted by molar-refractivity contribution is 0.0375. The molecule has 124 valence electrons. The SMILES string of the molecule is CCC(C)(CNC)CN(C1CCCCC1)C1CCCCC1. The first kappa shape index (κ1) is 17.3. The van der Waals surface area contributed by atoms with E-state index in [1.54, 1.807) is 0 Å². The lowest BCUT2D eigenvalue weighted by Crippen LogP contribution is -2.51. The molecule has 2 rings (SSSR count). The van der Waals surface area contributed by atoms with Crippen molar-refractivity contribution < 1.29 is 0 Å². The van der Waals surface area contributed by atoms with Crippen LogP contribution < -0.4 is 5.32 Å². The fourth-order valence-electron chi connectivity index (χ4n) is 4.54. The molecule has 1 N–H and O–H groups in total. The Balaban J connectivity index is 2.05. The third kappa shape index (κ3) is 4.96. The van der Waals surface area contributed by atoms with Crippen molar-refractivity contribution in [3.63, 3.8) is 0 Å². The zero-order valence-electron chi connectivity index (χ0n) is 14.8. The van der Waals surface area contributed by atoms with Crippen molar-refractivity contribution in [1.29, 1.82) is 0 Å². The number of rotatable bonds is 7. The van der Waals surface area contributed by atoms with Crippen molar-refractivity contribution in [3.8, 4) is 0 Å². The molecule has 2 aliphatic rings. The number of nitrogens with one attached hydrogen (secondary N) is 1. The molecule has 0 amide bonds. The second-order valence-electron chi connectivity index (χ2n) is 7.95. The molecule has 2 heteroatoms. The Kier molecular flexibility index (Phi) is 7.01. The molecular weight excluding hydrogens is 256 g/mol. The molecule has 0 aromatic carbocycles. The molecule has 2 nitrogen and oxygen atoms in total. The van der Waals surface area contributed by atoms with Crippen LogP contribution in [0.3, 0.4) is 0 Å². The Hall–Kier alpha value is -0.0800. The lowest BCUT2D eigenvalue weighted by atomic mass is 9.82. The van der Waals surface area contributed by atoms with Crippen LogP contribution >= 0.6 is 0 Å². The van der Waals surface area contributed by atoms with E-state index in [0.29, 0.717) is 5.41 Å². The van der Waals surface area contributed by atoms with Crippen LogP contribution in [0.2, 0.25) is 0 Å². The van der Waals surface area contributed by atoms with E-state index >= 15 is 0 Å². The maximum absolute atomic E-state index is 3.44. The van der Waals surface area contributed by atoms with E-state index in [2.05, 4.69) is 31.1 Å². The minimum atomic E-state index is 0.434. The van der Waals surface area contributed by atoms with Gasteiger partial charge in [-0.2, -0.15) is 0 Å². The maximum Gasteiger partial charge on any atom is 0.00984 e. The molecule has 0 spiro atoms. The van der Waals surface area contributed by atoms with Gasteiger partial charge in [-0.05, 0) is 44.6 Å². The van der Waals surface area contributed by atoms with Gasteiger partial charge in [0.2, 0.25) is 0 Å². The average Bonchev–Trinajstić information content (AvgIpc) is 2.55. The summed E-state index contributed by atoms with van der Waals surface area (Å²) in [6.07, 6.45) is 15.9. The van der Waals surface area contributed by atoms with E-state index in [-0.39, 0.29) is 0 Å². The second kappa shape index (κ2) is 8.53. The first-order chi connectivity index (χ1) is 10.2. The highest BCUT2D eigenvalue weighted by Gasteiger charge is 2.34. The molecule has 2 saturated carbocycles. The third-order valence-corrected chi connectivity index (χ3v) is 6.11. The van der Waals surface area contributed by atoms with Gasteiger partial charge in [0.1, 0.15) is 0 Å². The molecule has 2 fully saturated rings. The first-order valence-electron chi connectivity index (χ1n) is 9.59.